The Morgan fingerprint density at radius 1 is 1.04 bits per heavy atom. The van der Waals surface area contributed by atoms with E-state index in [0.717, 1.165) is 17.6 Å². The highest BCUT2D eigenvalue weighted by atomic mass is 32.2. The van der Waals surface area contributed by atoms with E-state index in [1.165, 1.54) is 0 Å². The molecule has 0 bridgehead atoms. The van der Waals surface area contributed by atoms with Crippen LogP contribution in [-0.2, 0) is 10.0 Å². The van der Waals surface area contributed by atoms with Gasteiger partial charge < -0.3 is 4.74 Å². The van der Waals surface area contributed by atoms with E-state index in [2.05, 4.69) is 19.9 Å². The van der Waals surface area contributed by atoms with Gasteiger partial charge in [-0.1, -0.05) is 0 Å². The molecule has 2 heterocycles. The second-order valence-electron chi connectivity index (χ2n) is 5.52. The van der Waals surface area contributed by atoms with Crippen LogP contribution in [-0.4, -0.2) is 34.4 Å². The molecule has 0 fully saturated rings. The number of rotatable bonds is 5. The summed E-state index contributed by atoms with van der Waals surface area (Å²) in [6.07, 6.45) is 2.79. The van der Waals surface area contributed by atoms with Gasteiger partial charge in [-0.2, -0.15) is 0 Å². The molecule has 1 N–H and O–H groups in total. The van der Waals surface area contributed by atoms with Crippen molar-refractivity contribution in [2.75, 3.05) is 11.0 Å². The number of hydrogen-bond acceptors (Lipinski definition) is 6. The van der Waals surface area contributed by atoms with Crippen molar-refractivity contribution in [1.29, 1.82) is 0 Å². The largest absolute Gasteiger partial charge is 0.438 e. The minimum Gasteiger partial charge on any atom is -0.438 e. The molecule has 0 spiro atoms. The Kier molecular flexibility index (Phi) is 4.41. The number of benzene rings is 1. The summed E-state index contributed by atoms with van der Waals surface area (Å²) in [6.45, 7) is 3.89. The summed E-state index contributed by atoms with van der Waals surface area (Å²) >= 11 is 0. The number of ether oxygens (including phenoxy) is 1. The van der Waals surface area contributed by atoms with E-state index in [1.807, 2.05) is 18.4 Å². The van der Waals surface area contributed by atoms with Crippen LogP contribution in [0.1, 0.15) is 11.4 Å². The quantitative estimate of drug-likeness (QED) is 0.751. The predicted octanol–water partition coefficient (Wildman–Crippen LogP) is 2.44. The predicted molar refractivity (Wildman–Crippen MR) is 93.6 cm³/mol. The molecule has 9 heteroatoms. The van der Waals surface area contributed by atoms with E-state index >= 15 is 0 Å². The lowest BCUT2D eigenvalue weighted by molar-refractivity contribution is 0.454. The van der Waals surface area contributed by atoms with Crippen molar-refractivity contribution in [3.8, 4) is 17.4 Å². The summed E-state index contributed by atoms with van der Waals surface area (Å²) in [6, 6.07) is 10.0. The van der Waals surface area contributed by atoms with Crippen molar-refractivity contribution in [2.45, 2.75) is 13.8 Å². The second-order valence-corrected chi connectivity index (χ2v) is 7.26. The molecule has 8 nitrogen and oxygen atoms in total. The molecule has 25 heavy (non-hydrogen) atoms. The average Bonchev–Trinajstić information content (AvgIpc) is 2.88. The van der Waals surface area contributed by atoms with E-state index in [9.17, 15) is 8.42 Å². The lowest BCUT2D eigenvalue weighted by atomic mass is 10.3. The fourth-order valence-electron chi connectivity index (χ4n) is 2.15. The van der Waals surface area contributed by atoms with Crippen LogP contribution in [0.5, 0.6) is 11.6 Å². The van der Waals surface area contributed by atoms with Gasteiger partial charge >= 0.3 is 0 Å². The van der Waals surface area contributed by atoms with Gasteiger partial charge in [0.15, 0.2) is 5.82 Å². The minimum atomic E-state index is -3.30. The molecule has 0 aliphatic rings. The highest BCUT2D eigenvalue weighted by Crippen LogP contribution is 2.22. The van der Waals surface area contributed by atoms with Crippen LogP contribution >= 0.6 is 0 Å². The van der Waals surface area contributed by atoms with E-state index < -0.39 is 10.0 Å². The maximum Gasteiger partial charge on any atom is 0.238 e. The first-order valence-electron chi connectivity index (χ1n) is 7.42. The summed E-state index contributed by atoms with van der Waals surface area (Å²) in [7, 11) is -3.30. The summed E-state index contributed by atoms with van der Waals surface area (Å²) < 4.78 is 32.2. The Morgan fingerprint density at radius 2 is 1.76 bits per heavy atom. The van der Waals surface area contributed by atoms with Crippen LogP contribution in [0.3, 0.4) is 0 Å². The smallest absolute Gasteiger partial charge is 0.238 e. The number of nitrogens with one attached hydrogen (secondary N) is 1. The van der Waals surface area contributed by atoms with Crippen molar-refractivity contribution in [3.05, 3.63) is 54.1 Å². The highest BCUT2D eigenvalue weighted by molar-refractivity contribution is 7.92. The van der Waals surface area contributed by atoms with Gasteiger partial charge in [-0.05, 0) is 44.2 Å². The van der Waals surface area contributed by atoms with Crippen LogP contribution in [0.4, 0.5) is 5.69 Å². The van der Waals surface area contributed by atoms with E-state index in [4.69, 9.17) is 4.74 Å². The number of anilines is 1. The Labute approximate surface area is 145 Å². The fraction of sp³-hybridized carbons (Fsp3) is 0.188. The van der Waals surface area contributed by atoms with Gasteiger partial charge in [-0.15, -0.1) is 10.2 Å². The Bertz CT molecular complexity index is 980. The molecule has 0 atom stereocenters. The molecule has 0 saturated carbocycles. The van der Waals surface area contributed by atoms with E-state index in [1.54, 1.807) is 42.7 Å². The molecule has 3 aromatic rings. The Balaban J connectivity index is 1.72. The Morgan fingerprint density at radius 3 is 2.28 bits per heavy atom. The maximum absolute atomic E-state index is 11.2. The van der Waals surface area contributed by atoms with Gasteiger partial charge in [0.2, 0.25) is 15.9 Å². The number of imidazole rings is 1. The zero-order valence-corrected chi connectivity index (χ0v) is 14.8. The first-order chi connectivity index (χ1) is 11.8. The normalized spacial score (nSPS) is 11.3. The molecule has 2 aromatic heterocycles. The van der Waals surface area contributed by atoms with Gasteiger partial charge in [0.05, 0.1) is 11.9 Å². The minimum absolute atomic E-state index is 0.335. The van der Waals surface area contributed by atoms with Gasteiger partial charge in [0.1, 0.15) is 12.1 Å². The van der Waals surface area contributed by atoms with Crippen molar-refractivity contribution < 1.29 is 13.2 Å². The first-order valence-corrected chi connectivity index (χ1v) is 9.31. The van der Waals surface area contributed by atoms with Crippen LogP contribution in [0.2, 0.25) is 0 Å². The third-order valence-corrected chi connectivity index (χ3v) is 4.11. The van der Waals surface area contributed by atoms with Crippen LogP contribution < -0.4 is 9.46 Å². The number of hydrogen-bond donors (Lipinski definition) is 1. The lowest BCUT2D eigenvalue weighted by Gasteiger charge is -2.08. The van der Waals surface area contributed by atoms with E-state index in [0.29, 0.717) is 23.1 Å². The number of nitrogens with zero attached hydrogens (tertiary/aromatic N) is 4. The summed E-state index contributed by atoms with van der Waals surface area (Å²) in [4.78, 5) is 4.23. The molecule has 0 radical (unpaired) electrons. The summed E-state index contributed by atoms with van der Waals surface area (Å²) in [5, 5.41) is 8.19. The first kappa shape index (κ1) is 16.9. The number of aryl methyl sites for hydroxylation is 1. The summed E-state index contributed by atoms with van der Waals surface area (Å²) in [5.74, 6) is 1.51. The molecular formula is C16H17N5O3S. The lowest BCUT2D eigenvalue weighted by Crippen LogP contribution is -2.09. The molecule has 130 valence electrons. The van der Waals surface area contributed by atoms with Gasteiger partial charge in [0, 0.05) is 17.4 Å². The topological polar surface area (TPSA) is 99.0 Å². The number of sulfonamides is 1. The van der Waals surface area contributed by atoms with Crippen molar-refractivity contribution in [1.82, 2.24) is 19.7 Å². The Hall–Kier alpha value is -2.94. The second kappa shape index (κ2) is 6.52. The third kappa shape index (κ3) is 4.13. The van der Waals surface area contributed by atoms with Crippen molar-refractivity contribution in [3.63, 3.8) is 0 Å². The molecule has 0 amide bonds. The molecule has 1 aromatic carbocycles. The highest BCUT2D eigenvalue weighted by Gasteiger charge is 2.07. The zero-order chi connectivity index (χ0) is 18.0. The fourth-order valence-corrected chi connectivity index (χ4v) is 2.72. The summed E-state index contributed by atoms with van der Waals surface area (Å²) in [5.41, 5.74) is 2.39. The SMILES string of the molecule is Cc1ncn(-c2ccc(Oc3ccc(NS(C)(=O)=O)cc3)nn2)c1C. The monoisotopic (exact) mass is 359 g/mol. The molecule has 0 aliphatic heterocycles. The van der Waals surface area contributed by atoms with Crippen molar-refractivity contribution >= 4 is 15.7 Å². The molecule has 0 saturated heterocycles. The van der Waals surface area contributed by atoms with E-state index in [-0.39, 0.29) is 0 Å². The van der Waals surface area contributed by atoms with Crippen LogP contribution in [0.25, 0.3) is 5.82 Å². The third-order valence-electron chi connectivity index (χ3n) is 3.50. The number of aromatic nitrogens is 4. The van der Waals surface area contributed by atoms with Crippen LogP contribution in [0, 0.1) is 13.8 Å². The van der Waals surface area contributed by atoms with Crippen molar-refractivity contribution in [2.24, 2.45) is 0 Å². The zero-order valence-electron chi connectivity index (χ0n) is 14.0. The average molecular weight is 359 g/mol. The standard InChI is InChI=1S/C16H17N5O3S/c1-11-12(2)21(10-17-11)15-8-9-16(19-18-15)24-14-6-4-13(5-7-14)20-25(3,22)23/h4-10,20H,1-3H3. The molecule has 0 aliphatic carbocycles. The van der Waals surface area contributed by atoms with Gasteiger partial charge in [-0.25, -0.2) is 13.4 Å². The molecule has 3 rings (SSSR count). The van der Waals surface area contributed by atoms with Gasteiger partial charge in [-0.3, -0.25) is 9.29 Å². The molecule has 0 unspecified atom stereocenters. The van der Waals surface area contributed by atoms with Crippen LogP contribution in [0.15, 0.2) is 42.7 Å². The molecular weight excluding hydrogens is 342 g/mol. The maximum atomic E-state index is 11.2. The van der Waals surface area contributed by atoms with Gasteiger partial charge in [0.25, 0.3) is 0 Å².